The molecule has 0 unspecified atom stereocenters. The Morgan fingerprint density at radius 1 is 1.19 bits per heavy atom. The molecule has 0 spiro atoms. The number of carbonyl (C=O) groups is 2. The number of rotatable bonds is 6. The molecule has 1 aliphatic rings. The van der Waals surface area contributed by atoms with Gasteiger partial charge in [-0.05, 0) is 49.8 Å². The molecule has 2 aromatic carbocycles. The van der Waals surface area contributed by atoms with E-state index in [1.807, 2.05) is 6.07 Å². The van der Waals surface area contributed by atoms with Crippen molar-refractivity contribution in [2.24, 2.45) is 0 Å². The Hall–Kier alpha value is -3.28. The van der Waals surface area contributed by atoms with E-state index >= 15 is 0 Å². The molecule has 0 amide bonds. The van der Waals surface area contributed by atoms with E-state index in [2.05, 4.69) is 0 Å². The van der Waals surface area contributed by atoms with Gasteiger partial charge in [0, 0.05) is 6.07 Å². The zero-order valence-electron chi connectivity index (χ0n) is 15.4. The van der Waals surface area contributed by atoms with Crippen LogP contribution in [0.25, 0.3) is 6.08 Å². The topological polar surface area (TPSA) is 71.1 Å². The van der Waals surface area contributed by atoms with Crippen LogP contribution in [0, 0.1) is 0 Å². The van der Waals surface area contributed by atoms with E-state index in [4.69, 9.17) is 18.9 Å². The summed E-state index contributed by atoms with van der Waals surface area (Å²) < 4.78 is 21.4. The monoisotopic (exact) mass is 368 g/mol. The fraction of sp³-hybridized carbons (Fsp3) is 0.238. The van der Waals surface area contributed by atoms with E-state index in [0.717, 1.165) is 0 Å². The van der Waals surface area contributed by atoms with Gasteiger partial charge >= 0.3 is 5.97 Å². The highest BCUT2D eigenvalue weighted by molar-refractivity contribution is 6.14. The molecule has 1 heterocycles. The quantitative estimate of drug-likeness (QED) is 0.573. The minimum atomic E-state index is -0.728. The van der Waals surface area contributed by atoms with Crippen molar-refractivity contribution in [2.75, 3.05) is 13.7 Å². The van der Waals surface area contributed by atoms with Gasteiger partial charge in [0.2, 0.25) is 5.78 Å². The van der Waals surface area contributed by atoms with Crippen LogP contribution in [-0.4, -0.2) is 31.6 Å². The molecule has 140 valence electrons. The maximum absolute atomic E-state index is 12.5. The summed E-state index contributed by atoms with van der Waals surface area (Å²) in [5.41, 5.74) is 1.21. The standard InChI is InChI=1S/C21H20O6/c1-4-25-21(23)13(2)26-16-7-5-6-14(10-16)11-19-20(22)17-9-8-15(24-3)12-18(17)27-19/h5-13H,4H2,1-3H3/b19-11-/t13-/m1/s1. The molecule has 0 bridgehead atoms. The van der Waals surface area contributed by atoms with Gasteiger partial charge in [-0.25, -0.2) is 4.79 Å². The first-order valence-electron chi connectivity index (χ1n) is 8.57. The van der Waals surface area contributed by atoms with Gasteiger partial charge in [-0.2, -0.15) is 0 Å². The number of carbonyl (C=O) groups excluding carboxylic acids is 2. The SMILES string of the molecule is CCOC(=O)[C@@H](C)Oc1cccc(/C=C2\Oc3cc(OC)ccc3C2=O)c1. The second-order valence-electron chi connectivity index (χ2n) is 5.89. The highest BCUT2D eigenvalue weighted by Gasteiger charge is 2.27. The maximum atomic E-state index is 12.5. The number of hydrogen-bond acceptors (Lipinski definition) is 6. The predicted octanol–water partition coefficient (Wildman–Crippen LogP) is 3.64. The first kappa shape index (κ1) is 18.5. The van der Waals surface area contributed by atoms with Gasteiger partial charge in [0.25, 0.3) is 0 Å². The third-order valence-electron chi connectivity index (χ3n) is 3.96. The van der Waals surface area contributed by atoms with Gasteiger partial charge in [0.1, 0.15) is 17.2 Å². The first-order valence-corrected chi connectivity index (χ1v) is 8.57. The molecule has 0 fully saturated rings. The Bertz CT molecular complexity index is 899. The van der Waals surface area contributed by atoms with E-state index in [0.29, 0.717) is 35.0 Å². The van der Waals surface area contributed by atoms with Crippen LogP contribution < -0.4 is 14.2 Å². The molecular formula is C21H20O6. The smallest absolute Gasteiger partial charge is 0.347 e. The fourth-order valence-corrected chi connectivity index (χ4v) is 2.64. The molecule has 0 aliphatic carbocycles. The third kappa shape index (κ3) is 4.11. The van der Waals surface area contributed by atoms with Crippen molar-refractivity contribution in [2.45, 2.75) is 20.0 Å². The highest BCUT2D eigenvalue weighted by Crippen LogP contribution is 2.35. The molecule has 27 heavy (non-hydrogen) atoms. The summed E-state index contributed by atoms with van der Waals surface area (Å²) in [6, 6.07) is 12.1. The summed E-state index contributed by atoms with van der Waals surface area (Å²) in [7, 11) is 1.55. The van der Waals surface area contributed by atoms with E-state index in [-0.39, 0.29) is 11.5 Å². The van der Waals surface area contributed by atoms with Gasteiger partial charge in [-0.15, -0.1) is 0 Å². The van der Waals surface area contributed by atoms with E-state index < -0.39 is 12.1 Å². The van der Waals surface area contributed by atoms with Crippen LogP contribution in [0.2, 0.25) is 0 Å². The molecule has 0 N–H and O–H groups in total. The maximum Gasteiger partial charge on any atom is 0.347 e. The predicted molar refractivity (Wildman–Crippen MR) is 99.1 cm³/mol. The molecule has 1 aliphatic heterocycles. The minimum Gasteiger partial charge on any atom is -0.497 e. The summed E-state index contributed by atoms with van der Waals surface area (Å²) in [6.07, 6.45) is 0.908. The van der Waals surface area contributed by atoms with E-state index in [1.54, 1.807) is 63.4 Å². The zero-order valence-corrected chi connectivity index (χ0v) is 15.4. The molecule has 2 aromatic rings. The number of methoxy groups -OCH3 is 1. The van der Waals surface area contributed by atoms with Crippen LogP contribution in [0.1, 0.15) is 29.8 Å². The lowest BCUT2D eigenvalue weighted by molar-refractivity contribution is -0.150. The van der Waals surface area contributed by atoms with Crippen molar-refractivity contribution in [3.63, 3.8) is 0 Å². The summed E-state index contributed by atoms with van der Waals surface area (Å²) in [5, 5.41) is 0. The number of Topliss-reactive ketones (excluding diaryl/α,β-unsaturated/α-hetero) is 1. The Morgan fingerprint density at radius 3 is 2.74 bits per heavy atom. The second-order valence-corrected chi connectivity index (χ2v) is 5.89. The molecule has 3 rings (SSSR count). The number of benzene rings is 2. The van der Waals surface area contributed by atoms with Crippen LogP contribution in [0.15, 0.2) is 48.2 Å². The van der Waals surface area contributed by atoms with Crippen LogP contribution in [0.5, 0.6) is 17.2 Å². The van der Waals surface area contributed by atoms with Crippen LogP contribution in [-0.2, 0) is 9.53 Å². The fourth-order valence-electron chi connectivity index (χ4n) is 2.64. The molecule has 6 nitrogen and oxygen atoms in total. The summed E-state index contributed by atoms with van der Waals surface area (Å²) in [4.78, 5) is 24.2. The summed E-state index contributed by atoms with van der Waals surface area (Å²) in [5.74, 6) is 1.17. The van der Waals surface area contributed by atoms with Crippen molar-refractivity contribution < 1.29 is 28.5 Å². The molecule has 0 saturated heterocycles. The largest absolute Gasteiger partial charge is 0.497 e. The zero-order chi connectivity index (χ0) is 19.4. The summed E-state index contributed by atoms with van der Waals surface area (Å²) in [6.45, 7) is 3.66. The molecule has 0 radical (unpaired) electrons. The van der Waals surface area contributed by atoms with Crippen LogP contribution in [0.3, 0.4) is 0 Å². The lowest BCUT2D eigenvalue weighted by Crippen LogP contribution is -2.26. The summed E-state index contributed by atoms with van der Waals surface area (Å²) >= 11 is 0. The lowest BCUT2D eigenvalue weighted by atomic mass is 10.1. The van der Waals surface area contributed by atoms with Crippen molar-refractivity contribution in [3.05, 3.63) is 59.4 Å². The van der Waals surface area contributed by atoms with E-state index in [1.165, 1.54) is 0 Å². The Morgan fingerprint density at radius 2 is 2.00 bits per heavy atom. The highest BCUT2D eigenvalue weighted by atomic mass is 16.6. The molecule has 1 atom stereocenters. The van der Waals surface area contributed by atoms with Crippen molar-refractivity contribution in [1.29, 1.82) is 0 Å². The Labute approximate surface area is 157 Å². The first-order chi connectivity index (χ1) is 13.0. The van der Waals surface area contributed by atoms with Crippen LogP contribution in [0.4, 0.5) is 0 Å². The van der Waals surface area contributed by atoms with Gasteiger partial charge in [-0.3, -0.25) is 4.79 Å². The number of ether oxygens (including phenoxy) is 4. The second kappa shape index (κ2) is 7.95. The lowest BCUT2D eigenvalue weighted by Gasteiger charge is -2.13. The number of allylic oxidation sites excluding steroid dienone is 1. The average Bonchev–Trinajstić information content (AvgIpc) is 2.97. The molecular weight excluding hydrogens is 348 g/mol. The Kier molecular flexibility index (Phi) is 5.45. The van der Waals surface area contributed by atoms with E-state index in [9.17, 15) is 9.59 Å². The van der Waals surface area contributed by atoms with Crippen molar-refractivity contribution in [3.8, 4) is 17.2 Å². The van der Waals surface area contributed by atoms with Gasteiger partial charge in [0.05, 0.1) is 19.3 Å². The van der Waals surface area contributed by atoms with Gasteiger partial charge in [-0.1, -0.05) is 12.1 Å². The van der Waals surface area contributed by atoms with Gasteiger partial charge in [0.15, 0.2) is 11.9 Å². The number of hydrogen-bond donors (Lipinski definition) is 0. The van der Waals surface area contributed by atoms with Crippen LogP contribution >= 0.6 is 0 Å². The minimum absolute atomic E-state index is 0.195. The van der Waals surface area contributed by atoms with Crippen molar-refractivity contribution in [1.82, 2.24) is 0 Å². The average molecular weight is 368 g/mol. The molecule has 0 saturated carbocycles. The number of fused-ring (bicyclic) bond motifs is 1. The van der Waals surface area contributed by atoms with Crippen molar-refractivity contribution >= 4 is 17.8 Å². The normalized spacial score (nSPS) is 15.1. The number of esters is 1. The molecule has 0 aromatic heterocycles. The third-order valence-corrected chi connectivity index (χ3v) is 3.96. The molecule has 6 heteroatoms. The Balaban J connectivity index is 1.78. The van der Waals surface area contributed by atoms with Gasteiger partial charge < -0.3 is 18.9 Å². The number of ketones is 1.